The number of nitrogens with one attached hydrogen (secondary N) is 2. The van der Waals surface area contributed by atoms with Gasteiger partial charge in [0, 0.05) is 5.69 Å². The second-order valence-corrected chi connectivity index (χ2v) is 7.09. The first-order chi connectivity index (χ1) is 12.6. The molecule has 136 valence electrons. The maximum Gasteiger partial charge on any atom is 0.234 e. The number of carbonyl (C=O) groups excluding carboxylic acids is 1. The zero-order chi connectivity index (χ0) is 18.4. The molecule has 0 radical (unpaired) electrons. The van der Waals surface area contributed by atoms with Gasteiger partial charge in [0.15, 0.2) is 5.16 Å². The van der Waals surface area contributed by atoms with Gasteiger partial charge < -0.3 is 15.0 Å². The summed E-state index contributed by atoms with van der Waals surface area (Å²) in [7, 11) is 0. The van der Waals surface area contributed by atoms with Gasteiger partial charge in [0.2, 0.25) is 5.91 Å². The molecular weight excluding hydrogens is 346 g/mol. The van der Waals surface area contributed by atoms with Crippen molar-refractivity contribution in [2.24, 2.45) is 0 Å². The monoisotopic (exact) mass is 369 g/mol. The van der Waals surface area contributed by atoms with Crippen LogP contribution in [0, 0.1) is 6.92 Å². The van der Waals surface area contributed by atoms with Crippen molar-refractivity contribution in [1.29, 1.82) is 0 Å². The van der Waals surface area contributed by atoms with Gasteiger partial charge in [-0.3, -0.25) is 4.79 Å². The zero-order valence-corrected chi connectivity index (χ0v) is 15.9. The first-order valence-electron chi connectivity index (χ1n) is 8.76. The van der Waals surface area contributed by atoms with Crippen LogP contribution in [0.3, 0.4) is 0 Å². The fourth-order valence-corrected chi connectivity index (χ4v) is 3.15. The summed E-state index contributed by atoms with van der Waals surface area (Å²) in [6.07, 6.45) is 2.15. The number of unbranched alkanes of at least 4 members (excludes halogenated alkanes) is 1. The number of benzene rings is 2. The Morgan fingerprint density at radius 2 is 2.04 bits per heavy atom. The molecular formula is C20H23N3O2S. The predicted octanol–water partition coefficient (Wildman–Crippen LogP) is 4.78. The number of nitrogens with zero attached hydrogens (tertiary/aromatic N) is 1. The van der Waals surface area contributed by atoms with E-state index in [0.717, 1.165) is 47.1 Å². The molecule has 0 saturated heterocycles. The molecule has 1 heterocycles. The van der Waals surface area contributed by atoms with E-state index in [1.807, 2.05) is 43.3 Å². The minimum Gasteiger partial charge on any atom is -0.494 e. The van der Waals surface area contributed by atoms with Gasteiger partial charge in [-0.1, -0.05) is 31.2 Å². The topological polar surface area (TPSA) is 67.0 Å². The molecule has 6 heteroatoms. The van der Waals surface area contributed by atoms with E-state index in [9.17, 15) is 4.79 Å². The number of aromatic amines is 1. The summed E-state index contributed by atoms with van der Waals surface area (Å²) >= 11 is 1.39. The molecule has 5 nitrogen and oxygen atoms in total. The quantitative estimate of drug-likeness (QED) is 0.443. The van der Waals surface area contributed by atoms with Crippen LogP contribution in [0.4, 0.5) is 5.69 Å². The van der Waals surface area contributed by atoms with Crippen molar-refractivity contribution in [3.63, 3.8) is 0 Å². The second kappa shape index (κ2) is 8.76. The Morgan fingerprint density at radius 3 is 2.81 bits per heavy atom. The van der Waals surface area contributed by atoms with E-state index < -0.39 is 0 Å². The summed E-state index contributed by atoms with van der Waals surface area (Å²) in [4.78, 5) is 19.9. The van der Waals surface area contributed by atoms with Gasteiger partial charge in [-0.05, 0) is 55.3 Å². The van der Waals surface area contributed by atoms with Crippen molar-refractivity contribution in [2.75, 3.05) is 17.7 Å². The lowest BCUT2D eigenvalue weighted by molar-refractivity contribution is -0.113. The number of fused-ring (bicyclic) bond motifs is 1. The Bertz CT molecular complexity index is 874. The summed E-state index contributed by atoms with van der Waals surface area (Å²) in [5.74, 6) is 1.06. The molecule has 3 aromatic rings. The van der Waals surface area contributed by atoms with E-state index in [4.69, 9.17) is 4.74 Å². The Kier molecular flexibility index (Phi) is 6.17. The molecule has 2 aromatic carbocycles. The maximum absolute atomic E-state index is 12.1. The lowest BCUT2D eigenvalue weighted by Crippen LogP contribution is -2.14. The molecule has 1 amide bonds. The van der Waals surface area contributed by atoms with E-state index in [1.165, 1.54) is 17.3 Å². The van der Waals surface area contributed by atoms with Crippen LogP contribution in [0.1, 0.15) is 25.3 Å². The molecule has 0 atom stereocenters. The van der Waals surface area contributed by atoms with Crippen LogP contribution < -0.4 is 10.1 Å². The molecule has 1 aromatic heterocycles. The SMILES string of the molecule is CCCCOc1ccc(NC(=O)CSc2nc3ccc(C)cc3[nH]2)cc1. The van der Waals surface area contributed by atoms with Crippen LogP contribution in [-0.2, 0) is 4.79 Å². The Balaban J connectivity index is 1.50. The van der Waals surface area contributed by atoms with Gasteiger partial charge in [-0.2, -0.15) is 0 Å². The van der Waals surface area contributed by atoms with E-state index in [0.29, 0.717) is 5.75 Å². The van der Waals surface area contributed by atoms with Crippen LogP contribution in [0.25, 0.3) is 11.0 Å². The number of thioether (sulfide) groups is 1. The molecule has 0 saturated carbocycles. The molecule has 0 unspecified atom stereocenters. The number of hydrogen-bond donors (Lipinski definition) is 2. The Morgan fingerprint density at radius 1 is 1.23 bits per heavy atom. The molecule has 0 fully saturated rings. The highest BCUT2D eigenvalue weighted by Crippen LogP contribution is 2.21. The van der Waals surface area contributed by atoms with E-state index >= 15 is 0 Å². The lowest BCUT2D eigenvalue weighted by atomic mass is 10.2. The number of anilines is 1. The number of imidazole rings is 1. The fourth-order valence-electron chi connectivity index (χ4n) is 2.47. The van der Waals surface area contributed by atoms with Crippen LogP contribution in [0.5, 0.6) is 5.75 Å². The summed E-state index contributed by atoms with van der Waals surface area (Å²) in [5, 5.41) is 3.64. The van der Waals surface area contributed by atoms with Crippen molar-refractivity contribution < 1.29 is 9.53 Å². The third-order valence-electron chi connectivity index (χ3n) is 3.86. The summed E-state index contributed by atoms with van der Waals surface area (Å²) in [6, 6.07) is 13.5. The summed E-state index contributed by atoms with van der Waals surface area (Å²) < 4.78 is 5.62. The molecule has 0 bridgehead atoms. The molecule has 0 aliphatic rings. The van der Waals surface area contributed by atoms with Crippen LogP contribution >= 0.6 is 11.8 Å². The largest absolute Gasteiger partial charge is 0.494 e. The minimum absolute atomic E-state index is 0.0636. The van der Waals surface area contributed by atoms with Crippen LogP contribution in [-0.4, -0.2) is 28.2 Å². The highest BCUT2D eigenvalue weighted by atomic mass is 32.2. The Labute approximate surface area is 157 Å². The molecule has 26 heavy (non-hydrogen) atoms. The average molecular weight is 369 g/mol. The van der Waals surface area contributed by atoms with Crippen LogP contribution in [0.15, 0.2) is 47.6 Å². The zero-order valence-electron chi connectivity index (χ0n) is 15.0. The highest BCUT2D eigenvalue weighted by Gasteiger charge is 2.08. The average Bonchev–Trinajstić information content (AvgIpc) is 3.04. The maximum atomic E-state index is 12.1. The lowest BCUT2D eigenvalue weighted by Gasteiger charge is -2.07. The number of ether oxygens (including phenoxy) is 1. The van der Waals surface area contributed by atoms with Gasteiger partial charge in [-0.25, -0.2) is 4.98 Å². The normalized spacial score (nSPS) is 10.8. The van der Waals surface area contributed by atoms with E-state index in [-0.39, 0.29) is 5.91 Å². The number of rotatable bonds is 8. The van der Waals surface area contributed by atoms with E-state index in [2.05, 4.69) is 28.3 Å². The molecule has 2 N–H and O–H groups in total. The first kappa shape index (κ1) is 18.3. The standard InChI is InChI=1S/C20H23N3O2S/c1-3-4-11-25-16-8-6-15(7-9-16)21-19(24)13-26-20-22-17-10-5-14(2)12-18(17)23-20/h5-10,12H,3-4,11,13H2,1-2H3,(H,21,24)(H,22,23). The third kappa shape index (κ3) is 5.02. The molecule has 0 spiro atoms. The number of aromatic nitrogens is 2. The summed E-state index contributed by atoms with van der Waals surface area (Å²) in [6.45, 7) is 4.89. The number of H-pyrrole nitrogens is 1. The molecule has 3 rings (SSSR count). The van der Waals surface area contributed by atoms with Crippen molar-refractivity contribution in [1.82, 2.24) is 9.97 Å². The Hall–Kier alpha value is -2.47. The minimum atomic E-state index is -0.0636. The fraction of sp³-hybridized carbons (Fsp3) is 0.300. The van der Waals surface area contributed by atoms with Gasteiger partial charge in [0.25, 0.3) is 0 Å². The second-order valence-electron chi connectivity index (χ2n) is 6.13. The van der Waals surface area contributed by atoms with Gasteiger partial charge in [0.05, 0.1) is 23.4 Å². The van der Waals surface area contributed by atoms with Gasteiger partial charge in [-0.15, -0.1) is 0 Å². The van der Waals surface area contributed by atoms with Crippen molar-refractivity contribution in [3.8, 4) is 5.75 Å². The third-order valence-corrected chi connectivity index (χ3v) is 4.73. The molecule has 0 aliphatic carbocycles. The molecule has 0 aliphatic heterocycles. The number of hydrogen-bond acceptors (Lipinski definition) is 4. The number of amides is 1. The predicted molar refractivity (Wildman–Crippen MR) is 107 cm³/mol. The summed E-state index contributed by atoms with van der Waals surface area (Å²) in [5.41, 5.74) is 3.85. The van der Waals surface area contributed by atoms with Gasteiger partial charge in [0.1, 0.15) is 5.75 Å². The van der Waals surface area contributed by atoms with Crippen molar-refractivity contribution in [2.45, 2.75) is 31.8 Å². The first-order valence-corrected chi connectivity index (χ1v) is 9.74. The number of carbonyl (C=O) groups is 1. The van der Waals surface area contributed by atoms with Gasteiger partial charge >= 0.3 is 0 Å². The smallest absolute Gasteiger partial charge is 0.234 e. The van der Waals surface area contributed by atoms with Crippen LogP contribution in [0.2, 0.25) is 0 Å². The van der Waals surface area contributed by atoms with Crippen molar-refractivity contribution in [3.05, 3.63) is 48.0 Å². The van der Waals surface area contributed by atoms with E-state index in [1.54, 1.807) is 0 Å². The number of aryl methyl sites for hydroxylation is 1. The van der Waals surface area contributed by atoms with Crippen molar-refractivity contribution >= 4 is 34.4 Å². The highest BCUT2D eigenvalue weighted by molar-refractivity contribution is 7.99.